The molecule has 19 heavy (non-hydrogen) atoms. The maximum absolute atomic E-state index is 10.5. The van der Waals surface area contributed by atoms with Crippen LogP contribution >= 0.6 is 15.9 Å². The first kappa shape index (κ1) is 15.1. The van der Waals surface area contributed by atoms with Gasteiger partial charge in [-0.15, -0.1) is 0 Å². The van der Waals surface area contributed by atoms with Gasteiger partial charge >= 0.3 is 5.97 Å². The number of carboxylic acids is 1. The van der Waals surface area contributed by atoms with Crippen LogP contribution in [0.25, 0.3) is 6.08 Å². The average Bonchev–Trinajstić information content (AvgIpc) is 2.36. The summed E-state index contributed by atoms with van der Waals surface area (Å²) in [4.78, 5) is 10.5. The number of aliphatic carboxylic acids is 1. The number of carboxylic acid groups (broad SMARTS) is 1. The Morgan fingerprint density at radius 2 is 2.26 bits per heavy atom. The molecule has 1 aromatic rings. The maximum atomic E-state index is 10.5. The smallest absolute Gasteiger partial charge is 0.328 e. The van der Waals surface area contributed by atoms with Gasteiger partial charge in [-0.05, 0) is 46.6 Å². The van der Waals surface area contributed by atoms with E-state index in [1.165, 1.54) is 6.08 Å². The van der Waals surface area contributed by atoms with Crippen LogP contribution in [0.2, 0.25) is 0 Å². The second-order valence-corrected chi connectivity index (χ2v) is 4.24. The van der Waals surface area contributed by atoms with Gasteiger partial charge in [0.15, 0.2) is 18.1 Å². The summed E-state index contributed by atoms with van der Waals surface area (Å²) in [6.45, 7) is 2.16. The van der Waals surface area contributed by atoms with Crippen molar-refractivity contribution in [2.45, 2.75) is 6.92 Å². The fourth-order valence-corrected chi connectivity index (χ4v) is 1.93. The molecule has 0 atom stereocenters. The van der Waals surface area contributed by atoms with Gasteiger partial charge < -0.3 is 14.6 Å². The van der Waals surface area contributed by atoms with Crippen molar-refractivity contribution in [3.8, 4) is 17.6 Å². The van der Waals surface area contributed by atoms with Crippen LogP contribution in [0, 0.1) is 11.3 Å². The van der Waals surface area contributed by atoms with E-state index < -0.39 is 5.97 Å². The Hall–Kier alpha value is -2.00. The van der Waals surface area contributed by atoms with Gasteiger partial charge in [-0.2, -0.15) is 5.26 Å². The second kappa shape index (κ2) is 7.44. The molecule has 6 heteroatoms. The van der Waals surface area contributed by atoms with Crippen LogP contribution in [0.3, 0.4) is 0 Å². The monoisotopic (exact) mass is 325 g/mol. The quantitative estimate of drug-likeness (QED) is 0.813. The lowest BCUT2D eigenvalue weighted by molar-refractivity contribution is -0.131. The average molecular weight is 326 g/mol. The zero-order chi connectivity index (χ0) is 14.3. The summed E-state index contributed by atoms with van der Waals surface area (Å²) in [5.41, 5.74) is 0.655. The molecule has 0 radical (unpaired) electrons. The lowest BCUT2D eigenvalue weighted by Gasteiger charge is -2.12. The largest absolute Gasteiger partial charge is 0.490 e. The SMILES string of the molecule is CCOc1cc(C=CC(=O)O)cc(Br)c1OCC#N. The molecule has 0 aliphatic heterocycles. The van der Waals surface area contributed by atoms with Crippen molar-refractivity contribution in [3.63, 3.8) is 0 Å². The van der Waals surface area contributed by atoms with E-state index in [0.29, 0.717) is 28.1 Å². The number of hydrogen-bond acceptors (Lipinski definition) is 4. The second-order valence-electron chi connectivity index (χ2n) is 3.38. The van der Waals surface area contributed by atoms with Gasteiger partial charge in [-0.3, -0.25) is 0 Å². The highest BCUT2D eigenvalue weighted by Crippen LogP contribution is 2.37. The Morgan fingerprint density at radius 1 is 1.53 bits per heavy atom. The molecule has 0 heterocycles. The number of carbonyl (C=O) groups is 1. The highest BCUT2D eigenvalue weighted by atomic mass is 79.9. The number of hydrogen-bond donors (Lipinski definition) is 1. The molecule has 1 aromatic carbocycles. The third-order valence-corrected chi connectivity index (χ3v) is 2.62. The van der Waals surface area contributed by atoms with Crippen molar-refractivity contribution < 1.29 is 19.4 Å². The van der Waals surface area contributed by atoms with E-state index in [0.717, 1.165) is 6.08 Å². The molecular formula is C13H12BrNO4. The molecular weight excluding hydrogens is 314 g/mol. The number of benzene rings is 1. The standard InChI is InChI=1S/C13H12BrNO4/c1-2-18-11-8-9(3-4-12(16)17)7-10(14)13(11)19-6-5-15/h3-4,7-8H,2,6H2,1H3,(H,16,17). The zero-order valence-electron chi connectivity index (χ0n) is 10.2. The molecule has 5 nitrogen and oxygen atoms in total. The van der Waals surface area contributed by atoms with E-state index >= 15 is 0 Å². The summed E-state index contributed by atoms with van der Waals surface area (Å²) in [5.74, 6) is -0.146. The lowest BCUT2D eigenvalue weighted by atomic mass is 10.2. The Bertz CT molecular complexity index is 534. The number of ether oxygens (including phenoxy) is 2. The van der Waals surface area contributed by atoms with Gasteiger partial charge in [0.2, 0.25) is 0 Å². The third-order valence-electron chi connectivity index (χ3n) is 2.03. The van der Waals surface area contributed by atoms with Crippen molar-refractivity contribution in [3.05, 3.63) is 28.2 Å². The highest BCUT2D eigenvalue weighted by molar-refractivity contribution is 9.10. The first-order valence-corrected chi connectivity index (χ1v) is 6.24. The fourth-order valence-electron chi connectivity index (χ4n) is 1.36. The highest BCUT2D eigenvalue weighted by Gasteiger charge is 2.11. The number of rotatable bonds is 6. The molecule has 0 fully saturated rings. The van der Waals surface area contributed by atoms with Crippen molar-refractivity contribution in [2.24, 2.45) is 0 Å². The maximum Gasteiger partial charge on any atom is 0.328 e. The summed E-state index contributed by atoms with van der Waals surface area (Å²) in [6, 6.07) is 5.22. The Morgan fingerprint density at radius 3 is 2.84 bits per heavy atom. The number of nitrogens with zero attached hydrogens (tertiary/aromatic N) is 1. The molecule has 0 aliphatic carbocycles. The summed E-state index contributed by atoms with van der Waals surface area (Å²) in [6.07, 6.45) is 2.48. The molecule has 0 unspecified atom stereocenters. The van der Waals surface area contributed by atoms with Gasteiger partial charge in [-0.1, -0.05) is 0 Å². The third kappa shape index (κ3) is 4.64. The minimum atomic E-state index is -1.03. The van der Waals surface area contributed by atoms with Gasteiger partial charge in [0, 0.05) is 6.08 Å². The van der Waals surface area contributed by atoms with Crippen LogP contribution in [0.5, 0.6) is 11.5 Å². The Labute approximate surface area is 119 Å². The molecule has 1 N–H and O–H groups in total. The summed E-state index contributed by atoms with van der Waals surface area (Å²) < 4.78 is 11.3. The predicted octanol–water partition coefficient (Wildman–Crippen LogP) is 2.85. The number of halogens is 1. The first-order chi connectivity index (χ1) is 9.08. The zero-order valence-corrected chi connectivity index (χ0v) is 11.8. The van der Waals surface area contributed by atoms with E-state index in [9.17, 15) is 4.79 Å². The minimum absolute atomic E-state index is 0.0943. The van der Waals surface area contributed by atoms with Crippen molar-refractivity contribution >= 4 is 28.0 Å². The minimum Gasteiger partial charge on any atom is -0.490 e. The molecule has 0 aromatic heterocycles. The molecule has 0 spiro atoms. The van der Waals surface area contributed by atoms with E-state index in [-0.39, 0.29) is 6.61 Å². The van der Waals surface area contributed by atoms with Crippen LogP contribution in [-0.2, 0) is 4.79 Å². The Balaban J connectivity index is 3.13. The summed E-state index contributed by atoms with van der Waals surface area (Å²) >= 11 is 3.31. The molecule has 0 aliphatic rings. The van der Waals surface area contributed by atoms with Gasteiger partial charge in [0.1, 0.15) is 6.07 Å². The summed E-state index contributed by atoms with van der Waals surface area (Å²) in [5, 5.41) is 17.1. The Kier molecular flexibility index (Phi) is 5.90. The van der Waals surface area contributed by atoms with Crippen LogP contribution in [0.4, 0.5) is 0 Å². The molecule has 100 valence electrons. The molecule has 0 bridgehead atoms. The van der Waals surface area contributed by atoms with Gasteiger partial charge in [0.05, 0.1) is 11.1 Å². The van der Waals surface area contributed by atoms with E-state index in [1.807, 2.05) is 13.0 Å². The van der Waals surface area contributed by atoms with Crippen LogP contribution in [0.15, 0.2) is 22.7 Å². The summed E-state index contributed by atoms with van der Waals surface area (Å²) in [7, 11) is 0. The molecule has 0 amide bonds. The van der Waals surface area contributed by atoms with Crippen LogP contribution in [0.1, 0.15) is 12.5 Å². The predicted molar refractivity (Wildman–Crippen MR) is 73.1 cm³/mol. The molecule has 0 saturated heterocycles. The van der Waals surface area contributed by atoms with E-state index in [4.69, 9.17) is 19.8 Å². The van der Waals surface area contributed by atoms with Crippen LogP contribution in [-0.4, -0.2) is 24.3 Å². The van der Waals surface area contributed by atoms with Crippen molar-refractivity contribution in [1.82, 2.24) is 0 Å². The topological polar surface area (TPSA) is 79.6 Å². The van der Waals surface area contributed by atoms with Crippen molar-refractivity contribution in [1.29, 1.82) is 5.26 Å². The molecule has 1 rings (SSSR count). The molecule has 0 saturated carbocycles. The van der Waals surface area contributed by atoms with Crippen molar-refractivity contribution in [2.75, 3.05) is 13.2 Å². The number of nitriles is 1. The normalized spacial score (nSPS) is 10.2. The lowest BCUT2D eigenvalue weighted by Crippen LogP contribution is -2.00. The van der Waals surface area contributed by atoms with Gasteiger partial charge in [0.25, 0.3) is 0 Å². The first-order valence-electron chi connectivity index (χ1n) is 5.45. The van der Waals surface area contributed by atoms with E-state index in [1.54, 1.807) is 12.1 Å². The van der Waals surface area contributed by atoms with Gasteiger partial charge in [-0.25, -0.2) is 4.79 Å². The van der Waals surface area contributed by atoms with Crippen LogP contribution < -0.4 is 9.47 Å². The van der Waals surface area contributed by atoms with E-state index in [2.05, 4.69) is 15.9 Å². The fraction of sp³-hybridized carbons (Fsp3) is 0.231.